The van der Waals surface area contributed by atoms with Gasteiger partial charge in [0.2, 0.25) is 0 Å². The van der Waals surface area contributed by atoms with E-state index in [0.717, 1.165) is 25.9 Å². The van der Waals surface area contributed by atoms with E-state index in [1.807, 2.05) is 13.8 Å². The lowest BCUT2D eigenvalue weighted by molar-refractivity contribution is 0.129. The molecule has 0 unspecified atom stereocenters. The summed E-state index contributed by atoms with van der Waals surface area (Å²) < 4.78 is 24.3. The topological polar surface area (TPSA) is 59.6 Å². The van der Waals surface area contributed by atoms with Gasteiger partial charge < -0.3 is 20.1 Å². The van der Waals surface area contributed by atoms with Crippen molar-refractivity contribution in [3.05, 3.63) is 24.0 Å². The molecule has 2 N–H and O–H groups in total. The maximum atomic E-state index is 13.3. The van der Waals surface area contributed by atoms with Gasteiger partial charge >= 0.3 is 6.03 Å². The number of halogens is 1. The minimum Gasteiger partial charge on any atom is -0.489 e. The molecule has 5 nitrogen and oxygen atoms in total. The molecule has 130 valence electrons. The molecule has 0 saturated heterocycles. The van der Waals surface area contributed by atoms with Crippen molar-refractivity contribution in [2.75, 3.05) is 25.1 Å². The monoisotopic (exact) mass is 326 g/mol. The second-order valence-electron chi connectivity index (χ2n) is 5.51. The summed E-state index contributed by atoms with van der Waals surface area (Å²) in [6.07, 6.45) is 2.82. The Labute approximate surface area is 137 Å². The van der Waals surface area contributed by atoms with Gasteiger partial charge in [-0.3, -0.25) is 0 Å². The fourth-order valence-corrected chi connectivity index (χ4v) is 1.85. The van der Waals surface area contributed by atoms with Gasteiger partial charge in [-0.25, -0.2) is 9.18 Å². The normalized spacial score (nSPS) is 10.7. The molecule has 0 spiro atoms. The number of benzene rings is 1. The van der Waals surface area contributed by atoms with Gasteiger partial charge in [0.15, 0.2) is 0 Å². The van der Waals surface area contributed by atoms with E-state index >= 15 is 0 Å². The summed E-state index contributed by atoms with van der Waals surface area (Å²) >= 11 is 0. The standard InChI is InChI=1S/C17H27FN2O3/c1-4-5-10-22-11-6-9-19-17(21)20-15-12-14(18)7-8-16(15)23-13(2)3/h7-8,12-13H,4-6,9-11H2,1-3H3,(H2,19,20,21). The number of nitrogens with one attached hydrogen (secondary N) is 2. The lowest BCUT2D eigenvalue weighted by atomic mass is 10.2. The van der Waals surface area contributed by atoms with Crippen LogP contribution in [0.15, 0.2) is 18.2 Å². The number of unbranched alkanes of at least 4 members (excludes halogenated alkanes) is 1. The van der Waals surface area contributed by atoms with Crippen molar-refractivity contribution in [3.8, 4) is 5.75 Å². The summed E-state index contributed by atoms with van der Waals surface area (Å²) in [7, 11) is 0. The number of carbonyl (C=O) groups excluding carboxylic acids is 1. The van der Waals surface area contributed by atoms with E-state index in [0.29, 0.717) is 24.6 Å². The van der Waals surface area contributed by atoms with E-state index in [2.05, 4.69) is 17.6 Å². The molecule has 1 rings (SSSR count). The number of rotatable bonds is 10. The number of carbonyl (C=O) groups is 1. The van der Waals surface area contributed by atoms with E-state index in [4.69, 9.17) is 9.47 Å². The Morgan fingerprint density at radius 2 is 2.00 bits per heavy atom. The SMILES string of the molecule is CCCCOCCCNC(=O)Nc1cc(F)ccc1OC(C)C. The molecule has 1 aromatic carbocycles. The van der Waals surface area contributed by atoms with Crippen LogP contribution in [-0.2, 0) is 4.74 Å². The molecule has 0 atom stereocenters. The zero-order valence-electron chi connectivity index (χ0n) is 14.2. The first-order valence-electron chi connectivity index (χ1n) is 8.11. The largest absolute Gasteiger partial charge is 0.489 e. The van der Waals surface area contributed by atoms with Crippen LogP contribution in [0.4, 0.5) is 14.9 Å². The maximum Gasteiger partial charge on any atom is 0.319 e. The van der Waals surface area contributed by atoms with Crippen LogP contribution >= 0.6 is 0 Å². The Balaban J connectivity index is 2.37. The summed E-state index contributed by atoms with van der Waals surface area (Å²) in [5, 5.41) is 5.33. The summed E-state index contributed by atoms with van der Waals surface area (Å²) in [5.41, 5.74) is 0.315. The third-order valence-electron chi connectivity index (χ3n) is 2.95. The van der Waals surface area contributed by atoms with Crippen LogP contribution in [0.3, 0.4) is 0 Å². The van der Waals surface area contributed by atoms with Gasteiger partial charge in [-0.05, 0) is 38.8 Å². The highest BCUT2D eigenvalue weighted by atomic mass is 19.1. The third kappa shape index (κ3) is 8.40. The summed E-state index contributed by atoms with van der Waals surface area (Å²) in [5.74, 6) is 0.0141. The Morgan fingerprint density at radius 3 is 2.70 bits per heavy atom. The average Bonchev–Trinajstić information content (AvgIpc) is 2.49. The van der Waals surface area contributed by atoms with E-state index < -0.39 is 11.8 Å². The number of hydrogen-bond acceptors (Lipinski definition) is 3. The van der Waals surface area contributed by atoms with E-state index in [1.165, 1.54) is 18.2 Å². The zero-order valence-corrected chi connectivity index (χ0v) is 14.2. The number of ether oxygens (including phenoxy) is 2. The molecule has 2 amide bonds. The fourth-order valence-electron chi connectivity index (χ4n) is 1.85. The smallest absolute Gasteiger partial charge is 0.319 e. The van der Waals surface area contributed by atoms with Crippen LogP contribution in [0.2, 0.25) is 0 Å². The van der Waals surface area contributed by atoms with Crippen molar-refractivity contribution < 1.29 is 18.7 Å². The van der Waals surface area contributed by atoms with Crippen molar-refractivity contribution in [1.82, 2.24) is 5.32 Å². The number of anilines is 1. The van der Waals surface area contributed by atoms with E-state index in [-0.39, 0.29) is 6.10 Å². The number of amides is 2. The minimum atomic E-state index is -0.430. The van der Waals surface area contributed by atoms with Crippen molar-refractivity contribution in [2.45, 2.75) is 46.1 Å². The van der Waals surface area contributed by atoms with Crippen LogP contribution in [0, 0.1) is 5.82 Å². The van der Waals surface area contributed by atoms with Crippen molar-refractivity contribution in [1.29, 1.82) is 0 Å². The molecule has 6 heteroatoms. The van der Waals surface area contributed by atoms with Crippen molar-refractivity contribution in [3.63, 3.8) is 0 Å². The van der Waals surface area contributed by atoms with Gasteiger partial charge in [0.1, 0.15) is 11.6 Å². The van der Waals surface area contributed by atoms with Gasteiger partial charge in [0.05, 0.1) is 11.8 Å². The first kappa shape index (κ1) is 19.2. The molecular weight excluding hydrogens is 299 g/mol. The molecule has 0 aromatic heterocycles. The summed E-state index contributed by atoms with van der Waals surface area (Å²) in [4.78, 5) is 11.9. The molecule has 0 fully saturated rings. The fraction of sp³-hybridized carbons (Fsp3) is 0.588. The minimum absolute atomic E-state index is 0.0654. The van der Waals surface area contributed by atoms with Crippen LogP contribution in [0.1, 0.15) is 40.0 Å². The van der Waals surface area contributed by atoms with Gasteiger partial charge in [0.25, 0.3) is 0 Å². The van der Waals surface area contributed by atoms with Gasteiger partial charge in [-0.1, -0.05) is 13.3 Å². The first-order valence-corrected chi connectivity index (χ1v) is 8.11. The highest BCUT2D eigenvalue weighted by Crippen LogP contribution is 2.26. The highest BCUT2D eigenvalue weighted by Gasteiger charge is 2.10. The number of hydrogen-bond donors (Lipinski definition) is 2. The quantitative estimate of drug-likeness (QED) is 0.640. The lowest BCUT2D eigenvalue weighted by Crippen LogP contribution is -2.30. The van der Waals surface area contributed by atoms with Gasteiger partial charge in [-0.15, -0.1) is 0 Å². The van der Waals surface area contributed by atoms with Crippen LogP contribution in [-0.4, -0.2) is 31.9 Å². The third-order valence-corrected chi connectivity index (χ3v) is 2.95. The molecule has 0 heterocycles. The summed E-state index contributed by atoms with van der Waals surface area (Å²) in [6, 6.07) is 3.66. The van der Waals surface area contributed by atoms with Gasteiger partial charge in [0, 0.05) is 25.8 Å². The Morgan fingerprint density at radius 1 is 1.26 bits per heavy atom. The van der Waals surface area contributed by atoms with E-state index in [9.17, 15) is 9.18 Å². The molecule has 1 aromatic rings. The highest BCUT2D eigenvalue weighted by molar-refractivity contribution is 5.90. The van der Waals surface area contributed by atoms with Crippen molar-refractivity contribution >= 4 is 11.7 Å². The van der Waals surface area contributed by atoms with Crippen molar-refractivity contribution in [2.24, 2.45) is 0 Å². The predicted octanol–water partition coefficient (Wildman–Crippen LogP) is 3.94. The maximum absolute atomic E-state index is 13.3. The Hall–Kier alpha value is -1.82. The van der Waals surface area contributed by atoms with Crippen LogP contribution in [0.25, 0.3) is 0 Å². The molecular formula is C17H27FN2O3. The average molecular weight is 326 g/mol. The summed E-state index contributed by atoms with van der Waals surface area (Å²) in [6.45, 7) is 7.70. The second kappa shape index (κ2) is 10.8. The molecule has 0 aliphatic carbocycles. The van der Waals surface area contributed by atoms with Gasteiger partial charge in [-0.2, -0.15) is 0 Å². The van der Waals surface area contributed by atoms with Crippen LogP contribution < -0.4 is 15.4 Å². The van der Waals surface area contributed by atoms with Crippen LogP contribution in [0.5, 0.6) is 5.75 Å². The molecule has 0 aliphatic heterocycles. The molecule has 0 saturated carbocycles. The number of urea groups is 1. The molecule has 0 radical (unpaired) electrons. The first-order chi connectivity index (χ1) is 11.0. The molecule has 23 heavy (non-hydrogen) atoms. The second-order valence-corrected chi connectivity index (χ2v) is 5.51. The zero-order chi connectivity index (χ0) is 17.1. The molecule has 0 aliphatic rings. The molecule has 0 bridgehead atoms. The van der Waals surface area contributed by atoms with E-state index in [1.54, 1.807) is 0 Å². The Kier molecular flexibility index (Phi) is 9.05. The Bertz CT molecular complexity index is 481. The lowest BCUT2D eigenvalue weighted by Gasteiger charge is -2.15. The predicted molar refractivity (Wildman–Crippen MR) is 89.5 cm³/mol.